The molecule has 0 radical (unpaired) electrons. The number of sulfonamides is 1. The quantitative estimate of drug-likeness (QED) is 0.853. The largest absolute Gasteiger partial charge is 0.320 e. The minimum Gasteiger partial charge on any atom is -0.320 e. The van der Waals surface area contributed by atoms with Gasteiger partial charge in [-0.05, 0) is 52.6 Å². The van der Waals surface area contributed by atoms with Crippen LogP contribution in [-0.2, 0) is 10.0 Å². The number of aromatic nitrogens is 2. The molecule has 122 valence electrons. The molecule has 0 unspecified atom stereocenters. The molecular formula is C13H25ClN4O2S. The standard InChI is InChI=1S/C13H24N4O2S.ClH/c1-10-13(11(2)16-15-10)20(18,19)17-8-5-12(6-9-17)4-7-14-3;/h12,14H,4-9H2,1-3H3,(H,15,16);1H. The van der Waals surface area contributed by atoms with Gasteiger partial charge in [-0.2, -0.15) is 9.40 Å². The van der Waals surface area contributed by atoms with Crippen molar-refractivity contribution in [3.8, 4) is 0 Å². The highest BCUT2D eigenvalue weighted by atomic mass is 35.5. The first-order valence-corrected chi connectivity index (χ1v) is 8.57. The Bertz CT molecular complexity index is 531. The van der Waals surface area contributed by atoms with Gasteiger partial charge in [0.2, 0.25) is 10.0 Å². The van der Waals surface area contributed by atoms with Crippen molar-refractivity contribution in [2.24, 2.45) is 5.92 Å². The maximum absolute atomic E-state index is 12.7. The Kier molecular flexibility index (Phi) is 6.65. The lowest BCUT2D eigenvalue weighted by Crippen LogP contribution is -2.39. The molecular weight excluding hydrogens is 312 g/mol. The van der Waals surface area contributed by atoms with Crippen LogP contribution in [0.25, 0.3) is 0 Å². The molecule has 1 saturated heterocycles. The number of aryl methyl sites for hydroxylation is 2. The number of aromatic amines is 1. The second-order valence-corrected chi connectivity index (χ2v) is 7.38. The summed E-state index contributed by atoms with van der Waals surface area (Å²) in [5.74, 6) is 0.625. The molecule has 0 bridgehead atoms. The van der Waals surface area contributed by atoms with Crippen molar-refractivity contribution in [2.75, 3.05) is 26.7 Å². The molecule has 1 aliphatic heterocycles. The fourth-order valence-electron chi connectivity index (χ4n) is 2.84. The number of nitrogens with one attached hydrogen (secondary N) is 2. The van der Waals surface area contributed by atoms with Gasteiger partial charge in [-0.1, -0.05) is 0 Å². The molecule has 1 aromatic rings. The third kappa shape index (κ3) is 3.97. The van der Waals surface area contributed by atoms with Crippen molar-refractivity contribution < 1.29 is 8.42 Å². The summed E-state index contributed by atoms with van der Waals surface area (Å²) in [5.41, 5.74) is 1.18. The zero-order chi connectivity index (χ0) is 14.8. The Morgan fingerprint density at radius 2 is 1.95 bits per heavy atom. The van der Waals surface area contributed by atoms with E-state index in [1.807, 2.05) is 7.05 Å². The van der Waals surface area contributed by atoms with E-state index in [2.05, 4.69) is 15.5 Å². The van der Waals surface area contributed by atoms with Gasteiger partial charge in [0.1, 0.15) is 4.90 Å². The molecule has 6 nitrogen and oxygen atoms in total. The first-order valence-electron chi connectivity index (χ1n) is 7.13. The van der Waals surface area contributed by atoms with Crippen LogP contribution in [0.15, 0.2) is 4.90 Å². The summed E-state index contributed by atoms with van der Waals surface area (Å²) in [7, 11) is -1.45. The first kappa shape index (κ1) is 18.4. The SMILES string of the molecule is CNCCC1CCN(S(=O)(=O)c2c(C)n[nH]c2C)CC1.Cl. The molecule has 1 aromatic heterocycles. The van der Waals surface area contributed by atoms with Crippen LogP contribution in [-0.4, -0.2) is 49.6 Å². The van der Waals surface area contributed by atoms with Crippen molar-refractivity contribution in [1.82, 2.24) is 19.8 Å². The van der Waals surface area contributed by atoms with Gasteiger partial charge >= 0.3 is 0 Å². The molecule has 0 saturated carbocycles. The molecule has 0 atom stereocenters. The lowest BCUT2D eigenvalue weighted by molar-refractivity contribution is 0.263. The summed E-state index contributed by atoms with van der Waals surface area (Å²) in [6, 6.07) is 0. The highest BCUT2D eigenvalue weighted by molar-refractivity contribution is 7.89. The molecule has 2 rings (SSSR count). The number of piperidine rings is 1. The minimum absolute atomic E-state index is 0. The fourth-order valence-corrected chi connectivity index (χ4v) is 4.64. The highest BCUT2D eigenvalue weighted by Gasteiger charge is 2.32. The van der Waals surface area contributed by atoms with E-state index in [0.717, 1.165) is 25.8 Å². The lowest BCUT2D eigenvalue weighted by Gasteiger charge is -2.31. The third-order valence-electron chi connectivity index (χ3n) is 4.03. The second kappa shape index (κ2) is 7.58. The number of H-pyrrole nitrogens is 1. The summed E-state index contributed by atoms with van der Waals surface area (Å²) >= 11 is 0. The molecule has 0 spiro atoms. The van der Waals surface area contributed by atoms with Crippen LogP contribution in [0.3, 0.4) is 0 Å². The zero-order valence-corrected chi connectivity index (χ0v) is 14.5. The monoisotopic (exact) mass is 336 g/mol. The van der Waals surface area contributed by atoms with E-state index in [1.54, 1.807) is 18.2 Å². The summed E-state index contributed by atoms with van der Waals surface area (Å²) in [5, 5.41) is 9.90. The summed E-state index contributed by atoms with van der Waals surface area (Å²) < 4.78 is 26.9. The number of nitrogens with zero attached hydrogens (tertiary/aromatic N) is 2. The predicted octanol–water partition coefficient (Wildman–Crippen LogP) is 1.46. The van der Waals surface area contributed by atoms with Crippen LogP contribution in [0, 0.1) is 19.8 Å². The van der Waals surface area contributed by atoms with Crippen LogP contribution in [0.5, 0.6) is 0 Å². The van der Waals surface area contributed by atoms with Gasteiger partial charge in [0.25, 0.3) is 0 Å². The normalized spacial score (nSPS) is 17.7. The Balaban J connectivity index is 0.00000220. The number of halogens is 1. The summed E-state index contributed by atoms with van der Waals surface area (Å²) in [6.07, 6.45) is 3.00. The topological polar surface area (TPSA) is 78.1 Å². The molecule has 21 heavy (non-hydrogen) atoms. The number of rotatable bonds is 5. The minimum atomic E-state index is -3.40. The number of hydrogen-bond donors (Lipinski definition) is 2. The molecule has 0 aromatic carbocycles. The molecule has 0 aliphatic carbocycles. The van der Waals surface area contributed by atoms with E-state index >= 15 is 0 Å². The summed E-state index contributed by atoms with van der Waals surface area (Å²) in [4.78, 5) is 0.353. The maximum atomic E-state index is 12.7. The van der Waals surface area contributed by atoms with Gasteiger partial charge in [-0.3, -0.25) is 5.10 Å². The maximum Gasteiger partial charge on any atom is 0.246 e. The Morgan fingerprint density at radius 1 is 1.33 bits per heavy atom. The van der Waals surface area contributed by atoms with Gasteiger partial charge in [0.05, 0.1) is 11.4 Å². The molecule has 0 amide bonds. The van der Waals surface area contributed by atoms with Gasteiger partial charge < -0.3 is 5.32 Å². The van der Waals surface area contributed by atoms with E-state index in [-0.39, 0.29) is 12.4 Å². The van der Waals surface area contributed by atoms with E-state index in [9.17, 15) is 8.42 Å². The van der Waals surface area contributed by atoms with Crippen LogP contribution in [0.4, 0.5) is 0 Å². The van der Waals surface area contributed by atoms with E-state index in [1.165, 1.54) is 0 Å². The van der Waals surface area contributed by atoms with Crippen LogP contribution in [0.1, 0.15) is 30.7 Å². The van der Waals surface area contributed by atoms with E-state index in [4.69, 9.17) is 0 Å². The van der Waals surface area contributed by atoms with E-state index in [0.29, 0.717) is 35.3 Å². The smallest absolute Gasteiger partial charge is 0.246 e. The summed E-state index contributed by atoms with van der Waals surface area (Å²) in [6.45, 7) is 5.71. The molecule has 1 fully saturated rings. The molecule has 1 aliphatic rings. The number of hydrogen-bond acceptors (Lipinski definition) is 4. The van der Waals surface area contributed by atoms with Crippen LogP contribution >= 0.6 is 12.4 Å². The van der Waals surface area contributed by atoms with Crippen molar-refractivity contribution >= 4 is 22.4 Å². The molecule has 2 heterocycles. The van der Waals surface area contributed by atoms with Crippen LogP contribution < -0.4 is 5.32 Å². The highest BCUT2D eigenvalue weighted by Crippen LogP contribution is 2.27. The van der Waals surface area contributed by atoms with Crippen molar-refractivity contribution in [1.29, 1.82) is 0 Å². The lowest BCUT2D eigenvalue weighted by atomic mass is 9.95. The molecule has 8 heteroatoms. The Morgan fingerprint density at radius 3 is 2.43 bits per heavy atom. The molecule has 2 N–H and O–H groups in total. The van der Waals surface area contributed by atoms with Gasteiger partial charge in [-0.25, -0.2) is 8.42 Å². The zero-order valence-electron chi connectivity index (χ0n) is 12.8. The van der Waals surface area contributed by atoms with E-state index < -0.39 is 10.0 Å². The third-order valence-corrected chi connectivity index (χ3v) is 6.20. The van der Waals surface area contributed by atoms with Gasteiger partial charge in [0.15, 0.2) is 0 Å². The van der Waals surface area contributed by atoms with Crippen LogP contribution in [0.2, 0.25) is 0 Å². The van der Waals surface area contributed by atoms with Gasteiger partial charge in [0, 0.05) is 13.1 Å². The van der Waals surface area contributed by atoms with Gasteiger partial charge in [-0.15, -0.1) is 12.4 Å². The first-order chi connectivity index (χ1) is 9.46. The van der Waals surface area contributed by atoms with Crippen molar-refractivity contribution in [2.45, 2.75) is 38.0 Å². The second-order valence-electron chi connectivity index (χ2n) is 5.50. The van der Waals surface area contributed by atoms with Crippen molar-refractivity contribution in [3.05, 3.63) is 11.4 Å². The average Bonchev–Trinajstić information content (AvgIpc) is 2.77. The average molecular weight is 337 g/mol. The van der Waals surface area contributed by atoms with Crippen molar-refractivity contribution in [3.63, 3.8) is 0 Å². The fraction of sp³-hybridized carbons (Fsp3) is 0.769. The Labute approximate surface area is 133 Å². The Hall–Kier alpha value is -0.630. The predicted molar refractivity (Wildman–Crippen MR) is 85.3 cm³/mol.